The van der Waals surface area contributed by atoms with Gasteiger partial charge in [-0.2, -0.15) is 0 Å². The van der Waals surface area contributed by atoms with Crippen molar-refractivity contribution >= 4 is 17.7 Å². The van der Waals surface area contributed by atoms with E-state index in [0.29, 0.717) is 23.2 Å². The van der Waals surface area contributed by atoms with E-state index in [4.69, 9.17) is 0 Å². The van der Waals surface area contributed by atoms with Crippen LogP contribution in [0.5, 0.6) is 0 Å². The van der Waals surface area contributed by atoms with Crippen LogP contribution in [0.25, 0.3) is 0 Å². The molecule has 1 heterocycles. The number of benzene rings is 3. The number of imide groups is 1. The molecular formula is C23H18N2O3. The molecule has 5 heteroatoms. The zero-order chi connectivity index (χ0) is 19.5. The van der Waals surface area contributed by atoms with Gasteiger partial charge in [-0.3, -0.25) is 19.3 Å². The number of hydrogen-bond donors (Lipinski definition) is 1. The molecule has 3 amide bonds. The predicted octanol–water partition coefficient (Wildman–Crippen LogP) is 3.41. The van der Waals surface area contributed by atoms with Crippen LogP contribution < -0.4 is 5.32 Å². The SMILES string of the molecule is O=C(NCc1ccccc1)c1cccc(CN2C(=O)c3ccccc3C2=O)c1. The smallest absolute Gasteiger partial charge is 0.261 e. The number of amides is 3. The van der Waals surface area contributed by atoms with Gasteiger partial charge < -0.3 is 5.32 Å². The van der Waals surface area contributed by atoms with Gasteiger partial charge in [-0.05, 0) is 35.4 Å². The molecule has 0 aliphatic carbocycles. The number of nitrogens with zero attached hydrogens (tertiary/aromatic N) is 1. The molecule has 138 valence electrons. The van der Waals surface area contributed by atoms with Gasteiger partial charge in [-0.15, -0.1) is 0 Å². The Morgan fingerprint density at radius 2 is 1.36 bits per heavy atom. The van der Waals surface area contributed by atoms with Crippen LogP contribution >= 0.6 is 0 Å². The quantitative estimate of drug-likeness (QED) is 0.700. The lowest BCUT2D eigenvalue weighted by Crippen LogP contribution is -2.29. The monoisotopic (exact) mass is 370 g/mol. The Balaban J connectivity index is 1.46. The van der Waals surface area contributed by atoms with E-state index in [1.165, 1.54) is 4.90 Å². The van der Waals surface area contributed by atoms with Crippen molar-refractivity contribution < 1.29 is 14.4 Å². The fourth-order valence-corrected chi connectivity index (χ4v) is 3.26. The predicted molar refractivity (Wildman–Crippen MR) is 105 cm³/mol. The molecule has 0 aromatic heterocycles. The summed E-state index contributed by atoms with van der Waals surface area (Å²) in [5.74, 6) is -0.813. The molecule has 1 N–H and O–H groups in total. The molecule has 5 nitrogen and oxygen atoms in total. The van der Waals surface area contributed by atoms with E-state index in [1.54, 1.807) is 48.5 Å². The number of carbonyl (C=O) groups is 3. The molecular weight excluding hydrogens is 352 g/mol. The molecule has 3 aromatic rings. The Hall–Kier alpha value is -3.73. The van der Waals surface area contributed by atoms with Gasteiger partial charge in [0.1, 0.15) is 0 Å². The van der Waals surface area contributed by atoms with Gasteiger partial charge in [0.2, 0.25) is 0 Å². The molecule has 0 bridgehead atoms. The van der Waals surface area contributed by atoms with Gasteiger partial charge in [-0.25, -0.2) is 0 Å². The molecule has 0 atom stereocenters. The average Bonchev–Trinajstić information content (AvgIpc) is 2.98. The Bertz CT molecular complexity index is 1030. The minimum atomic E-state index is -0.306. The largest absolute Gasteiger partial charge is 0.348 e. The minimum absolute atomic E-state index is 0.131. The summed E-state index contributed by atoms with van der Waals surface area (Å²) in [5, 5.41) is 2.88. The minimum Gasteiger partial charge on any atom is -0.348 e. The third-order valence-electron chi connectivity index (χ3n) is 4.70. The van der Waals surface area contributed by atoms with Gasteiger partial charge in [-0.1, -0.05) is 54.6 Å². The fourth-order valence-electron chi connectivity index (χ4n) is 3.26. The summed E-state index contributed by atoms with van der Waals surface area (Å²) in [6, 6.07) is 23.4. The Morgan fingerprint density at radius 3 is 2.04 bits per heavy atom. The van der Waals surface area contributed by atoms with Crippen molar-refractivity contribution in [2.75, 3.05) is 0 Å². The second-order valence-electron chi connectivity index (χ2n) is 6.61. The van der Waals surface area contributed by atoms with E-state index in [-0.39, 0.29) is 24.3 Å². The standard InChI is InChI=1S/C23H18N2O3/c26-21(24-14-16-7-2-1-3-8-16)18-10-6-9-17(13-18)15-25-22(27)19-11-4-5-12-20(19)23(25)28/h1-13H,14-15H2,(H,24,26). The van der Waals surface area contributed by atoms with Crippen LogP contribution in [0.1, 0.15) is 42.2 Å². The molecule has 3 aromatic carbocycles. The van der Waals surface area contributed by atoms with Crippen LogP contribution in [-0.4, -0.2) is 22.6 Å². The molecule has 1 aliphatic rings. The Labute approximate surface area is 162 Å². The number of rotatable bonds is 5. The highest BCUT2D eigenvalue weighted by atomic mass is 16.2. The lowest BCUT2D eigenvalue weighted by atomic mass is 10.1. The van der Waals surface area contributed by atoms with Crippen LogP contribution in [0.3, 0.4) is 0 Å². The molecule has 0 fully saturated rings. The molecule has 0 saturated heterocycles. The second-order valence-corrected chi connectivity index (χ2v) is 6.61. The molecule has 0 unspecified atom stereocenters. The molecule has 0 saturated carbocycles. The van der Waals surface area contributed by atoms with Crippen molar-refractivity contribution in [3.63, 3.8) is 0 Å². The summed E-state index contributed by atoms with van der Waals surface area (Å²) < 4.78 is 0. The van der Waals surface area contributed by atoms with Crippen LogP contribution in [0, 0.1) is 0 Å². The van der Waals surface area contributed by atoms with Gasteiger partial charge >= 0.3 is 0 Å². The van der Waals surface area contributed by atoms with E-state index < -0.39 is 0 Å². The first-order valence-corrected chi connectivity index (χ1v) is 9.00. The number of hydrogen-bond acceptors (Lipinski definition) is 3. The van der Waals surface area contributed by atoms with Crippen molar-refractivity contribution in [3.05, 3.63) is 107 Å². The lowest BCUT2D eigenvalue weighted by molar-refractivity contribution is 0.0642. The van der Waals surface area contributed by atoms with Crippen LogP contribution in [0.15, 0.2) is 78.9 Å². The molecule has 1 aliphatic heterocycles. The first-order chi connectivity index (χ1) is 13.6. The first kappa shape index (κ1) is 17.7. The lowest BCUT2D eigenvalue weighted by Gasteiger charge is -2.14. The molecule has 0 spiro atoms. The summed E-state index contributed by atoms with van der Waals surface area (Å²) in [6.45, 7) is 0.564. The van der Waals surface area contributed by atoms with Crippen LogP contribution in [-0.2, 0) is 13.1 Å². The van der Waals surface area contributed by atoms with Gasteiger partial charge in [0, 0.05) is 12.1 Å². The Morgan fingerprint density at radius 1 is 0.750 bits per heavy atom. The highest BCUT2D eigenvalue weighted by Gasteiger charge is 2.34. The second kappa shape index (κ2) is 7.48. The van der Waals surface area contributed by atoms with E-state index in [0.717, 1.165) is 11.1 Å². The summed E-state index contributed by atoms with van der Waals surface area (Å²) in [7, 11) is 0. The average molecular weight is 370 g/mol. The summed E-state index contributed by atoms with van der Waals surface area (Å²) in [6.07, 6.45) is 0. The van der Waals surface area contributed by atoms with Crippen molar-refractivity contribution in [2.24, 2.45) is 0 Å². The third-order valence-corrected chi connectivity index (χ3v) is 4.70. The summed E-state index contributed by atoms with van der Waals surface area (Å²) in [4.78, 5) is 38.7. The third kappa shape index (κ3) is 3.42. The summed E-state index contributed by atoms with van der Waals surface area (Å²) >= 11 is 0. The topological polar surface area (TPSA) is 66.5 Å². The van der Waals surface area contributed by atoms with Crippen molar-refractivity contribution in [1.82, 2.24) is 10.2 Å². The zero-order valence-electron chi connectivity index (χ0n) is 15.1. The van der Waals surface area contributed by atoms with E-state index in [2.05, 4.69) is 5.32 Å². The highest BCUT2D eigenvalue weighted by Crippen LogP contribution is 2.24. The maximum Gasteiger partial charge on any atom is 0.261 e. The number of nitrogens with one attached hydrogen (secondary N) is 1. The van der Waals surface area contributed by atoms with E-state index in [1.807, 2.05) is 30.3 Å². The van der Waals surface area contributed by atoms with Crippen molar-refractivity contribution in [2.45, 2.75) is 13.1 Å². The maximum atomic E-state index is 12.5. The zero-order valence-corrected chi connectivity index (χ0v) is 15.1. The fraction of sp³-hybridized carbons (Fsp3) is 0.0870. The van der Waals surface area contributed by atoms with Gasteiger partial charge in [0.15, 0.2) is 0 Å². The molecule has 4 rings (SSSR count). The van der Waals surface area contributed by atoms with Gasteiger partial charge in [0.25, 0.3) is 17.7 Å². The van der Waals surface area contributed by atoms with Crippen molar-refractivity contribution in [1.29, 1.82) is 0 Å². The van der Waals surface area contributed by atoms with Crippen LogP contribution in [0.4, 0.5) is 0 Å². The van der Waals surface area contributed by atoms with Crippen molar-refractivity contribution in [3.8, 4) is 0 Å². The highest BCUT2D eigenvalue weighted by molar-refractivity contribution is 6.21. The van der Waals surface area contributed by atoms with E-state index >= 15 is 0 Å². The van der Waals surface area contributed by atoms with E-state index in [9.17, 15) is 14.4 Å². The number of carbonyl (C=O) groups excluding carboxylic acids is 3. The molecule has 0 radical (unpaired) electrons. The number of fused-ring (bicyclic) bond motifs is 1. The van der Waals surface area contributed by atoms with Gasteiger partial charge in [0.05, 0.1) is 17.7 Å². The summed E-state index contributed by atoms with van der Waals surface area (Å²) in [5.41, 5.74) is 3.07. The van der Waals surface area contributed by atoms with Crippen LogP contribution in [0.2, 0.25) is 0 Å². The molecule has 28 heavy (non-hydrogen) atoms. The first-order valence-electron chi connectivity index (χ1n) is 9.00. The Kier molecular flexibility index (Phi) is 4.72. The maximum absolute atomic E-state index is 12.5. The normalized spacial score (nSPS) is 12.8.